The number of alkyl carbamates (subject to hydrolysis) is 1. The fourth-order valence-corrected chi connectivity index (χ4v) is 2.60. The molecule has 0 spiro atoms. The van der Waals surface area contributed by atoms with Crippen LogP contribution in [0.25, 0.3) is 0 Å². The van der Waals surface area contributed by atoms with Gasteiger partial charge in [0.25, 0.3) is 5.91 Å². The normalized spacial score (nSPS) is 11.2. The number of carbonyl (C=O) groups excluding carboxylic acids is 2. The van der Waals surface area contributed by atoms with Crippen LogP contribution < -0.4 is 11.1 Å². The summed E-state index contributed by atoms with van der Waals surface area (Å²) in [6, 6.07) is 17.9. The SMILES string of the molecule is CN(C(=O)[C@H](Cc1ccccc1)NC(=O)OCc1ccccc1)N(C)C(N)=S. The van der Waals surface area contributed by atoms with E-state index in [2.05, 4.69) is 5.32 Å². The number of carbonyl (C=O) groups is 2. The van der Waals surface area contributed by atoms with E-state index in [0.717, 1.165) is 11.1 Å². The van der Waals surface area contributed by atoms with Crippen molar-refractivity contribution in [1.82, 2.24) is 15.3 Å². The standard InChI is InChI=1S/C20H24N4O3S/c1-23(24(2)19(21)28)18(25)17(13-15-9-5-3-6-10-15)22-20(26)27-14-16-11-7-4-8-12-16/h3-12,17H,13-14H2,1-2H3,(H2,21,28)(H,22,26)/t17-/m0/s1. The van der Waals surface area contributed by atoms with Gasteiger partial charge in [-0.15, -0.1) is 0 Å². The molecule has 148 valence electrons. The van der Waals surface area contributed by atoms with Crippen LogP contribution in [0.2, 0.25) is 0 Å². The van der Waals surface area contributed by atoms with Crippen molar-refractivity contribution in [2.45, 2.75) is 19.1 Å². The van der Waals surface area contributed by atoms with E-state index in [1.165, 1.54) is 17.1 Å². The van der Waals surface area contributed by atoms with Gasteiger partial charge in [0.2, 0.25) is 0 Å². The smallest absolute Gasteiger partial charge is 0.408 e. The number of nitrogens with one attached hydrogen (secondary N) is 1. The Bertz CT molecular complexity index is 802. The molecule has 3 N–H and O–H groups in total. The Labute approximate surface area is 170 Å². The molecular weight excluding hydrogens is 376 g/mol. The van der Waals surface area contributed by atoms with Crippen LogP contribution in [0, 0.1) is 0 Å². The van der Waals surface area contributed by atoms with Gasteiger partial charge in [0.1, 0.15) is 12.6 Å². The van der Waals surface area contributed by atoms with Gasteiger partial charge < -0.3 is 15.8 Å². The molecule has 0 bridgehead atoms. The summed E-state index contributed by atoms with van der Waals surface area (Å²) >= 11 is 4.91. The van der Waals surface area contributed by atoms with Gasteiger partial charge in [0, 0.05) is 20.5 Å². The van der Waals surface area contributed by atoms with Gasteiger partial charge in [-0.3, -0.25) is 14.8 Å². The highest BCUT2D eigenvalue weighted by molar-refractivity contribution is 7.80. The first-order valence-electron chi connectivity index (χ1n) is 8.70. The second kappa shape index (κ2) is 10.3. The molecule has 0 saturated heterocycles. The lowest BCUT2D eigenvalue weighted by Crippen LogP contribution is -2.55. The number of hydrogen-bond donors (Lipinski definition) is 2. The molecule has 0 aliphatic heterocycles. The van der Waals surface area contributed by atoms with Gasteiger partial charge in [0.15, 0.2) is 5.11 Å². The Kier molecular flexibility index (Phi) is 7.76. The Balaban J connectivity index is 2.07. The molecule has 1 atom stereocenters. The van der Waals surface area contributed by atoms with E-state index in [9.17, 15) is 9.59 Å². The molecule has 0 unspecified atom stereocenters. The number of likely N-dealkylation sites (N-methyl/N-ethyl adjacent to an activating group) is 1. The lowest BCUT2D eigenvalue weighted by Gasteiger charge is -2.31. The average molecular weight is 401 g/mol. The number of amides is 2. The van der Waals surface area contributed by atoms with E-state index in [0.29, 0.717) is 6.42 Å². The summed E-state index contributed by atoms with van der Waals surface area (Å²) in [6.07, 6.45) is -0.375. The molecular formula is C20H24N4O3S. The third kappa shape index (κ3) is 6.24. The molecule has 0 saturated carbocycles. The Morgan fingerprint density at radius 3 is 2.07 bits per heavy atom. The quantitative estimate of drug-likeness (QED) is 0.570. The Morgan fingerprint density at radius 2 is 1.54 bits per heavy atom. The van der Waals surface area contributed by atoms with Crippen LogP contribution in [-0.2, 0) is 22.6 Å². The number of nitrogens with zero attached hydrogens (tertiary/aromatic N) is 2. The molecule has 0 heterocycles. The van der Waals surface area contributed by atoms with Crippen molar-refractivity contribution in [1.29, 1.82) is 0 Å². The van der Waals surface area contributed by atoms with Gasteiger partial charge in [-0.1, -0.05) is 60.7 Å². The topological polar surface area (TPSA) is 87.9 Å². The zero-order valence-corrected chi connectivity index (χ0v) is 16.7. The summed E-state index contributed by atoms with van der Waals surface area (Å²) in [5.41, 5.74) is 7.35. The van der Waals surface area contributed by atoms with Crippen molar-refractivity contribution in [3.05, 3.63) is 71.8 Å². The summed E-state index contributed by atoms with van der Waals surface area (Å²) in [4.78, 5) is 25.2. The van der Waals surface area contributed by atoms with Crippen molar-refractivity contribution in [3.63, 3.8) is 0 Å². The molecule has 0 radical (unpaired) electrons. The largest absolute Gasteiger partial charge is 0.445 e. The molecule has 0 aliphatic rings. The Hall–Kier alpha value is -3.13. The number of thiocarbonyl (C=S) groups is 1. The fraction of sp³-hybridized carbons (Fsp3) is 0.250. The summed E-state index contributed by atoms with van der Waals surface area (Å²) < 4.78 is 5.25. The molecule has 28 heavy (non-hydrogen) atoms. The van der Waals surface area contributed by atoms with Gasteiger partial charge in [0.05, 0.1) is 0 Å². The number of hydrazine groups is 1. The van der Waals surface area contributed by atoms with Crippen LogP contribution in [0.5, 0.6) is 0 Å². The highest BCUT2D eigenvalue weighted by atomic mass is 32.1. The van der Waals surface area contributed by atoms with Gasteiger partial charge >= 0.3 is 6.09 Å². The highest BCUT2D eigenvalue weighted by Gasteiger charge is 2.27. The molecule has 2 aromatic carbocycles. The maximum Gasteiger partial charge on any atom is 0.408 e. The summed E-state index contributed by atoms with van der Waals surface area (Å²) in [6.45, 7) is 0.113. The molecule has 0 fully saturated rings. The van der Waals surface area contributed by atoms with Crippen LogP contribution in [0.1, 0.15) is 11.1 Å². The van der Waals surface area contributed by atoms with E-state index < -0.39 is 12.1 Å². The van der Waals surface area contributed by atoms with E-state index in [1.807, 2.05) is 60.7 Å². The maximum absolute atomic E-state index is 12.9. The first kappa shape index (κ1) is 21.2. The van der Waals surface area contributed by atoms with Crippen molar-refractivity contribution in [3.8, 4) is 0 Å². The van der Waals surface area contributed by atoms with E-state index in [-0.39, 0.29) is 17.6 Å². The second-order valence-electron chi connectivity index (χ2n) is 6.17. The van der Waals surface area contributed by atoms with E-state index in [4.69, 9.17) is 22.7 Å². The van der Waals surface area contributed by atoms with Crippen LogP contribution in [0.15, 0.2) is 60.7 Å². The summed E-state index contributed by atoms with van der Waals surface area (Å²) in [7, 11) is 3.12. The molecule has 2 rings (SSSR count). The lowest BCUT2D eigenvalue weighted by molar-refractivity contribution is -0.140. The minimum atomic E-state index is -0.840. The summed E-state index contributed by atoms with van der Waals surface area (Å²) in [5.74, 6) is -0.365. The van der Waals surface area contributed by atoms with Crippen molar-refractivity contribution < 1.29 is 14.3 Å². The predicted octanol–water partition coefficient (Wildman–Crippen LogP) is 2.07. The van der Waals surface area contributed by atoms with Gasteiger partial charge in [-0.25, -0.2) is 4.79 Å². The van der Waals surface area contributed by atoms with Crippen molar-refractivity contribution >= 4 is 29.3 Å². The zero-order valence-electron chi connectivity index (χ0n) is 15.9. The monoisotopic (exact) mass is 400 g/mol. The Morgan fingerprint density at radius 1 is 1.00 bits per heavy atom. The minimum absolute atomic E-state index is 0.0426. The predicted molar refractivity (Wildman–Crippen MR) is 111 cm³/mol. The first-order chi connectivity index (χ1) is 13.4. The molecule has 2 amide bonds. The average Bonchev–Trinajstić information content (AvgIpc) is 2.71. The highest BCUT2D eigenvalue weighted by Crippen LogP contribution is 2.08. The first-order valence-corrected chi connectivity index (χ1v) is 9.11. The summed E-state index contributed by atoms with van der Waals surface area (Å²) in [5, 5.41) is 5.30. The van der Waals surface area contributed by atoms with E-state index in [1.54, 1.807) is 7.05 Å². The number of hydrogen-bond acceptors (Lipinski definition) is 4. The fourth-order valence-electron chi connectivity index (χ4n) is 2.48. The van der Waals surface area contributed by atoms with E-state index >= 15 is 0 Å². The molecule has 0 aromatic heterocycles. The van der Waals surface area contributed by atoms with Gasteiger partial charge in [-0.2, -0.15) is 0 Å². The third-order valence-corrected chi connectivity index (χ3v) is 4.44. The van der Waals surface area contributed by atoms with Crippen molar-refractivity contribution in [2.24, 2.45) is 5.73 Å². The number of rotatable bonds is 6. The van der Waals surface area contributed by atoms with Gasteiger partial charge in [-0.05, 0) is 23.3 Å². The molecule has 0 aliphatic carbocycles. The zero-order chi connectivity index (χ0) is 20.5. The molecule has 7 nitrogen and oxygen atoms in total. The molecule has 2 aromatic rings. The molecule has 8 heteroatoms. The lowest BCUT2D eigenvalue weighted by atomic mass is 10.1. The number of ether oxygens (including phenoxy) is 1. The minimum Gasteiger partial charge on any atom is -0.445 e. The maximum atomic E-state index is 12.9. The van der Waals surface area contributed by atoms with Crippen LogP contribution >= 0.6 is 12.2 Å². The van der Waals surface area contributed by atoms with Crippen LogP contribution in [0.3, 0.4) is 0 Å². The third-order valence-electron chi connectivity index (χ3n) is 4.17. The number of benzene rings is 2. The second-order valence-corrected chi connectivity index (χ2v) is 6.59. The van der Waals surface area contributed by atoms with Crippen LogP contribution in [0.4, 0.5) is 4.79 Å². The number of nitrogens with two attached hydrogens (primary N) is 1. The van der Waals surface area contributed by atoms with Crippen molar-refractivity contribution in [2.75, 3.05) is 14.1 Å². The van der Waals surface area contributed by atoms with Crippen LogP contribution in [-0.4, -0.2) is 47.3 Å².